The van der Waals surface area contributed by atoms with Crippen LogP contribution in [0.3, 0.4) is 0 Å². The number of benzene rings is 8. The minimum Gasteiger partial charge on any atom is -0.309 e. The number of fused-ring (bicyclic) bond motifs is 9. The summed E-state index contributed by atoms with van der Waals surface area (Å²) in [7, 11) is 0. The van der Waals surface area contributed by atoms with Gasteiger partial charge in [0.1, 0.15) is 0 Å². The normalized spacial score (nSPS) is 11.9. The Morgan fingerprint density at radius 3 is 1.20 bits per heavy atom. The van der Waals surface area contributed by atoms with Gasteiger partial charge in [0, 0.05) is 49.4 Å². The van der Waals surface area contributed by atoms with E-state index >= 15 is 0 Å². The average Bonchev–Trinajstić information content (AvgIpc) is 3.83. The van der Waals surface area contributed by atoms with E-state index in [1.807, 2.05) is 0 Å². The fraction of sp³-hybridized carbons (Fsp3) is 0. The Labute approximate surface area is 294 Å². The summed E-state index contributed by atoms with van der Waals surface area (Å²) < 4.78 is 7.20. The molecular formula is C48H31N3. The Hall–Kier alpha value is -6.84. The minimum absolute atomic E-state index is 1.16. The van der Waals surface area contributed by atoms with Crippen molar-refractivity contribution in [3.8, 4) is 28.2 Å². The van der Waals surface area contributed by atoms with Crippen molar-refractivity contribution >= 4 is 65.4 Å². The Balaban J connectivity index is 1.09. The highest BCUT2D eigenvalue weighted by Crippen LogP contribution is 2.39. The van der Waals surface area contributed by atoms with E-state index in [0.717, 1.165) is 11.4 Å². The van der Waals surface area contributed by atoms with E-state index in [4.69, 9.17) is 0 Å². The van der Waals surface area contributed by atoms with Gasteiger partial charge in [-0.1, -0.05) is 109 Å². The molecule has 3 aromatic heterocycles. The highest BCUT2D eigenvalue weighted by molar-refractivity contribution is 6.13. The first kappa shape index (κ1) is 28.0. The molecule has 8 aromatic carbocycles. The Morgan fingerprint density at radius 1 is 0.216 bits per heavy atom. The molecule has 238 valence electrons. The molecule has 11 rings (SSSR count). The Kier molecular flexibility index (Phi) is 5.96. The lowest BCUT2D eigenvalue weighted by Crippen LogP contribution is -1.95. The standard InChI is InChI=1S/C48H31N3/c1-2-14-34(15-3-1)49-45-23-10-7-20-40(45)42-31-36(26-28-48(42)49)51-46-24-11-6-19-39(46)41-30-33(25-27-47(41)51)32-13-12-16-35(29-32)50-43-21-8-4-17-37(43)38-18-5-9-22-44(38)50/h1-31H. The second-order valence-electron chi connectivity index (χ2n) is 13.4. The van der Waals surface area contributed by atoms with Crippen molar-refractivity contribution in [2.75, 3.05) is 0 Å². The van der Waals surface area contributed by atoms with Gasteiger partial charge in [-0.05, 0) is 90.0 Å². The first-order chi connectivity index (χ1) is 25.3. The largest absolute Gasteiger partial charge is 0.309 e. The average molecular weight is 650 g/mol. The third-order valence-electron chi connectivity index (χ3n) is 10.6. The van der Waals surface area contributed by atoms with Gasteiger partial charge in [0.2, 0.25) is 0 Å². The number of nitrogens with zero attached hydrogens (tertiary/aromatic N) is 3. The van der Waals surface area contributed by atoms with Crippen molar-refractivity contribution < 1.29 is 0 Å². The molecular weight excluding hydrogens is 619 g/mol. The zero-order valence-electron chi connectivity index (χ0n) is 27.7. The van der Waals surface area contributed by atoms with Crippen LogP contribution in [0.25, 0.3) is 93.6 Å². The van der Waals surface area contributed by atoms with E-state index in [2.05, 4.69) is 202 Å². The molecule has 0 unspecified atom stereocenters. The smallest absolute Gasteiger partial charge is 0.0542 e. The first-order valence-corrected chi connectivity index (χ1v) is 17.5. The third-order valence-corrected chi connectivity index (χ3v) is 10.6. The maximum atomic E-state index is 2.43. The Morgan fingerprint density at radius 2 is 0.608 bits per heavy atom. The van der Waals surface area contributed by atoms with Gasteiger partial charge in [-0.25, -0.2) is 0 Å². The van der Waals surface area contributed by atoms with E-state index in [1.165, 1.54) is 82.2 Å². The van der Waals surface area contributed by atoms with Crippen LogP contribution in [0.2, 0.25) is 0 Å². The molecule has 3 nitrogen and oxygen atoms in total. The van der Waals surface area contributed by atoms with Gasteiger partial charge in [-0.2, -0.15) is 0 Å². The van der Waals surface area contributed by atoms with Crippen molar-refractivity contribution in [2.24, 2.45) is 0 Å². The molecule has 3 heterocycles. The first-order valence-electron chi connectivity index (χ1n) is 17.5. The molecule has 51 heavy (non-hydrogen) atoms. The van der Waals surface area contributed by atoms with Crippen molar-refractivity contribution in [2.45, 2.75) is 0 Å². The predicted molar refractivity (Wildman–Crippen MR) is 215 cm³/mol. The summed E-state index contributed by atoms with van der Waals surface area (Å²) >= 11 is 0. The van der Waals surface area contributed by atoms with Crippen molar-refractivity contribution in [1.29, 1.82) is 0 Å². The minimum atomic E-state index is 1.16. The molecule has 0 atom stereocenters. The van der Waals surface area contributed by atoms with Gasteiger partial charge in [0.15, 0.2) is 0 Å². The van der Waals surface area contributed by atoms with Crippen LogP contribution in [0.5, 0.6) is 0 Å². The summed E-state index contributed by atoms with van der Waals surface area (Å²) in [4.78, 5) is 0. The molecule has 0 fully saturated rings. The molecule has 0 aliphatic rings. The van der Waals surface area contributed by atoms with Crippen LogP contribution >= 0.6 is 0 Å². The summed E-state index contributed by atoms with van der Waals surface area (Å²) in [5.41, 5.74) is 13.2. The second-order valence-corrected chi connectivity index (χ2v) is 13.4. The number of rotatable bonds is 4. The number of hydrogen-bond donors (Lipinski definition) is 0. The van der Waals surface area contributed by atoms with E-state index in [9.17, 15) is 0 Å². The van der Waals surface area contributed by atoms with Crippen LogP contribution in [0, 0.1) is 0 Å². The molecule has 3 heteroatoms. The van der Waals surface area contributed by atoms with Crippen LogP contribution in [0.4, 0.5) is 0 Å². The van der Waals surface area contributed by atoms with Gasteiger partial charge in [-0.3, -0.25) is 0 Å². The van der Waals surface area contributed by atoms with Gasteiger partial charge in [0.05, 0.1) is 33.1 Å². The molecule has 0 amide bonds. The quantitative estimate of drug-likeness (QED) is 0.180. The molecule has 11 aromatic rings. The predicted octanol–water partition coefficient (Wildman–Crippen LogP) is 12.6. The zero-order chi connectivity index (χ0) is 33.5. The zero-order valence-corrected chi connectivity index (χ0v) is 27.7. The molecule has 0 aliphatic heterocycles. The van der Waals surface area contributed by atoms with Gasteiger partial charge in [-0.15, -0.1) is 0 Å². The topological polar surface area (TPSA) is 14.8 Å². The summed E-state index contributed by atoms with van der Waals surface area (Å²) in [6, 6.07) is 68.4. The molecule has 0 spiro atoms. The second kappa shape index (κ2) is 10.8. The van der Waals surface area contributed by atoms with Gasteiger partial charge < -0.3 is 13.7 Å². The SMILES string of the molecule is c1ccc(-n2c3ccccc3c3cc(-n4c5ccccc5c5cc(-c6cccc(-n7c8ccccc8c8ccccc87)c6)ccc54)ccc32)cc1. The molecule has 0 bridgehead atoms. The monoisotopic (exact) mass is 649 g/mol. The lowest BCUT2D eigenvalue weighted by molar-refractivity contribution is 1.16. The Bertz CT molecular complexity index is 3080. The van der Waals surface area contributed by atoms with Crippen LogP contribution in [0.1, 0.15) is 0 Å². The van der Waals surface area contributed by atoms with Crippen molar-refractivity contribution in [3.63, 3.8) is 0 Å². The van der Waals surface area contributed by atoms with Crippen LogP contribution in [-0.4, -0.2) is 13.7 Å². The lowest BCUT2D eigenvalue weighted by atomic mass is 10.0. The van der Waals surface area contributed by atoms with E-state index in [0.29, 0.717) is 0 Å². The lowest BCUT2D eigenvalue weighted by Gasteiger charge is -2.11. The van der Waals surface area contributed by atoms with Crippen LogP contribution < -0.4 is 0 Å². The molecule has 0 saturated carbocycles. The highest BCUT2D eigenvalue weighted by atomic mass is 15.0. The van der Waals surface area contributed by atoms with E-state index < -0.39 is 0 Å². The number of aromatic nitrogens is 3. The summed E-state index contributed by atoms with van der Waals surface area (Å²) in [5, 5.41) is 7.55. The maximum absolute atomic E-state index is 2.43. The van der Waals surface area contributed by atoms with Crippen molar-refractivity contribution in [3.05, 3.63) is 188 Å². The summed E-state index contributed by atoms with van der Waals surface area (Å²) in [5.74, 6) is 0. The molecule has 0 radical (unpaired) electrons. The summed E-state index contributed by atoms with van der Waals surface area (Å²) in [6.45, 7) is 0. The molecule has 0 aliphatic carbocycles. The summed E-state index contributed by atoms with van der Waals surface area (Å²) in [6.07, 6.45) is 0. The fourth-order valence-corrected chi connectivity index (χ4v) is 8.41. The number of hydrogen-bond acceptors (Lipinski definition) is 0. The van der Waals surface area contributed by atoms with E-state index in [1.54, 1.807) is 0 Å². The van der Waals surface area contributed by atoms with E-state index in [-0.39, 0.29) is 0 Å². The molecule has 0 N–H and O–H groups in total. The van der Waals surface area contributed by atoms with Gasteiger partial charge in [0.25, 0.3) is 0 Å². The fourth-order valence-electron chi connectivity index (χ4n) is 8.41. The van der Waals surface area contributed by atoms with Crippen molar-refractivity contribution in [1.82, 2.24) is 13.7 Å². The third kappa shape index (κ3) is 4.12. The number of para-hydroxylation sites is 5. The van der Waals surface area contributed by atoms with Gasteiger partial charge >= 0.3 is 0 Å². The molecule has 0 saturated heterocycles. The van der Waals surface area contributed by atoms with Crippen LogP contribution in [-0.2, 0) is 0 Å². The highest BCUT2D eigenvalue weighted by Gasteiger charge is 2.17. The van der Waals surface area contributed by atoms with Crippen LogP contribution in [0.15, 0.2) is 188 Å². The maximum Gasteiger partial charge on any atom is 0.0542 e.